The summed E-state index contributed by atoms with van der Waals surface area (Å²) < 4.78 is 5.85. The van der Waals surface area contributed by atoms with Crippen molar-refractivity contribution >= 4 is 11.9 Å². The first-order chi connectivity index (χ1) is 12.7. The number of rotatable bonds is 4. The third-order valence-corrected chi connectivity index (χ3v) is 4.83. The molecule has 0 atom stereocenters. The van der Waals surface area contributed by atoms with Crippen LogP contribution in [0, 0.1) is 0 Å². The SMILES string of the molecule is O=C1C(=CC=Cc2ccccc2)Oc2c1ccc(O)c2CN1CCCC1. The molecule has 4 nitrogen and oxygen atoms in total. The number of nitrogens with zero attached hydrogens (tertiary/aromatic N) is 1. The second-order valence-corrected chi connectivity index (χ2v) is 6.66. The second-order valence-electron chi connectivity index (χ2n) is 6.66. The van der Waals surface area contributed by atoms with Crippen molar-refractivity contribution in [3.63, 3.8) is 0 Å². The number of ether oxygens (including phenoxy) is 1. The molecule has 0 saturated carbocycles. The van der Waals surface area contributed by atoms with Crippen LogP contribution >= 0.6 is 0 Å². The molecule has 1 N–H and O–H groups in total. The van der Waals surface area contributed by atoms with Crippen molar-refractivity contribution < 1.29 is 14.6 Å². The van der Waals surface area contributed by atoms with Crippen molar-refractivity contribution in [1.82, 2.24) is 4.90 Å². The molecule has 1 saturated heterocycles. The number of Topliss-reactive ketones (excluding diaryl/α,β-unsaturated/α-hetero) is 1. The standard InChI is InChI=1S/C22H21NO3/c24-19-12-11-17-21(25)20(10-6-9-16-7-2-1-3-8-16)26-22(17)18(19)15-23-13-4-5-14-23/h1-3,6-12,24H,4-5,13-15H2. The van der Waals surface area contributed by atoms with Crippen molar-refractivity contribution in [2.75, 3.05) is 13.1 Å². The van der Waals surface area contributed by atoms with Crippen LogP contribution in [-0.2, 0) is 6.54 Å². The maximum atomic E-state index is 12.6. The van der Waals surface area contributed by atoms with Crippen molar-refractivity contribution in [2.24, 2.45) is 0 Å². The Kier molecular flexibility index (Phi) is 4.59. The van der Waals surface area contributed by atoms with Crippen LogP contribution in [0.25, 0.3) is 6.08 Å². The van der Waals surface area contributed by atoms with Gasteiger partial charge in [0.1, 0.15) is 11.5 Å². The number of hydrogen-bond donors (Lipinski definition) is 1. The highest BCUT2D eigenvalue weighted by molar-refractivity contribution is 6.12. The van der Waals surface area contributed by atoms with E-state index in [1.54, 1.807) is 18.2 Å². The molecular weight excluding hydrogens is 326 g/mol. The number of likely N-dealkylation sites (tertiary alicyclic amines) is 1. The molecule has 0 amide bonds. The summed E-state index contributed by atoms with van der Waals surface area (Å²) in [6.45, 7) is 2.63. The first-order valence-electron chi connectivity index (χ1n) is 8.95. The van der Waals surface area contributed by atoms with Crippen molar-refractivity contribution in [3.8, 4) is 11.5 Å². The molecule has 26 heavy (non-hydrogen) atoms. The maximum absolute atomic E-state index is 12.6. The third-order valence-electron chi connectivity index (χ3n) is 4.83. The average molecular weight is 347 g/mol. The van der Waals surface area contributed by atoms with Crippen LogP contribution in [0.15, 0.2) is 60.4 Å². The number of phenolic OH excluding ortho intramolecular Hbond substituents is 1. The predicted molar refractivity (Wildman–Crippen MR) is 101 cm³/mol. The van der Waals surface area contributed by atoms with Crippen LogP contribution in [0.1, 0.15) is 34.3 Å². The van der Waals surface area contributed by atoms with Crippen LogP contribution in [0.2, 0.25) is 0 Å². The van der Waals surface area contributed by atoms with Gasteiger partial charge in [0.2, 0.25) is 5.78 Å². The van der Waals surface area contributed by atoms with Gasteiger partial charge < -0.3 is 9.84 Å². The summed E-state index contributed by atoms with van der Waals surface area (Å²) in [6.07, 6.45) is 7.77. The smallest absolute Gasteiger partial charge is 0.231 e. The second kappa shape index (κ2) is 7.18. The number of hydrogen-bond acceptors (Lipinski definition) is 4. The zero-order valence-corrected chi connectivity index (χ0v) is 14.5. The lowest BCUT2D eigenvalue weighted by Gasteiger charge is -2.17. The molecule has 2 aromatic carbocycles. The molecule has 2 aliphatic heterocycles. The van der Waals surface area contributed by atoms with Crippen LogP contribution in [0.5, 0.6) is 11.5 Å². The van der Waals surface area contributed by atoms with Gasteiger partial charge in [-0.2, -0.15) is 0 Å². The summed E-state index contributed by atoms with van der Waals surface area (Å²) in [5.74, 6) is 0.839. The third kappa shape index (κ3) is 3.28. The highest BCUT2D eigenvalue weighted by atomic mass is 16.5. The Morgan fingerprint density at radius 2 is 1.85 bits per heavy atom. The van der Waals surface area contributed by atoms with Crippen molar-refractivity contribution in [3.05, 3.63) is 77.1 Å². The molecule has 0 bridgehead atoms. The van der Waals surface area contributed by atoms with E-state index in [2.05, 4.69) is 4.90 Å². The molecule has 2 heterocycles. The topological polar surface area (TPSA) is 49.8 Å². The van der Waals surface area contributed by atoms with Crippen LogP contribution in [-0.4, -0.2) is 28.9 Å². The number of ketones is 1. The van der Waals surface area contributed by atoms with Gasteiger partial charge in [0.15, 0.2) is 5.76 Å². The van der Waals surface area contributed by atoms with E-state index in [1.165, 1.54) is 12.8 Å². The quantitative estimate of drug-likeness (QED) is 0.844. The number of benzene rings is 2. The first-order valence-corrected chi connectivity index (χ1v) is 8.95. The van der Waals surface area contributed by atoms with E-state index in [9.17, 15) is 9.90 Å². The highest BCUT2D eigenvalue weighted by Gasteiger charge is 2.31. The molecule has 2 aromatic rings. The fraction of sp³-hybridized carbons (Fsp3) is 0.227. The molecule has 0 unspecified atom stereocenters. The molecule has 4 rings (SSSR count). The minimum atomic E-state index is -0.139. The monoisotopic (exact) mass is 347 g/mol. The highest BCUT2D eigenvalue weighted by Crippen LogP contribution is 2.40. The lowest BCUT2D eigenvalue weighted by Crippen LogP contribution is -2.18. The van der Waals surface area contributed by atoms with Gasteiger partial charge >= 0.3 is 0 Å². The number of phenols is 1. The van der Waals surface area contributed by atoms with E-state index in [-0.39, 0.29) is 11.5 Å². The molecule has 0 aliphatic carbocycles. The van der Waals surface area contributed by atoms with Crippen LogP contribution in [0.3, 0.4) is 0 Å². The van der Waals surface area contributed by atoms with E-state index in [0.717, 1.165) is 18.7 Å². The Balaban J connectivity index is 1.58. The van der Waals surface area contributed by atoms with Gasteiger partial charge in [-0.1, -0.05) is 42.5 Å². The summed E-state index contributed by atoms with van der Waals surface area (Å²) >= 11 is 0. The van der Waals surface area contributed by atoms with Gasteiger partial charge in [-0.3, -0.25) is 9.69 Å². The largest absolute Gasteiger partial charge is 0.507 e. The summed E-state index contributed by atoms with van der Waals surface area (Å²) in [5, 5.41) is 10.3. The fourth-order valence-corrected chi connectivity index (χ4v) is 3.44. The van der Waals surface area contributed by atoms with E-state index in [0.29, 0.717) is 29.2 Å². The number of fused-ring (bicyclic) bond motifs is 1. The van der Waals surface area contributed by atoms with E-state index < -0.39 is 0 Å². The van der Waals surface area contributed by atoms with E-state index in [4.69, 9.17) is 4.74 Å². The summed E-state index contributed by atoms with van der Waals surface area (Å²) in [6, 6.07) is 13.1. The molecule has 0 radical (unpaired) electrons. The zero-order chi connectivity index (χ0) is 17.9. The average Bonchev–Trinajstić information content (AvgIpc) is 3.27. The van der Waals surface area contributed by atoms with Crippen LogP contribution in [0.4, 0.5) is 0 Å². The Labute approximate surface area is 153 Å². The van der Waals surface area contributed by atoms with Crippen molar-refractivity contribution in [1.29, 1.82) is 0 Å². The van der Waals surface area contributed by atoms with Gasteiger partial charge in [-0.25, -0.2) is 0 Å². The Morgan fingerprint density at radius 3 is 2.62 bits per heavy atom. The van der Waals surface area contributed by atoms with Gasteiger partial charge in [0.05, 0.1) is 11.1 Å². The van der Waals surface area contributed by atoms with Gasteiger partial charge in [0.25, 0.3) is 0 Å². The lowest BCUT2D eigenvalue weighted by atomic mass is 10.0. The molecule has 2 aliphatic rings. The summed E-state index contributed by atoms with van der Waals surface area (Å²) in [5.41, 5.74) is 2.28. The Hall–Kier alpha value is -2.85. The van der Waals surface area contributed by atoms with Gasteiger partial charge in [0, 0.05) is 6.54 Å². The number of carbonyl (C=O) groups excluding carboxylic acids is 1. The van der Waals surface area contributed by atoms with E-state index >= 15 is 0 Å². The Morgan fingerprint density at radius 1 is 1.08 bits per heavy atom. The summed E-state index contributed by atoms with van der Waals surface area (Å²) in [4.78, 5) is 14.9. The molecule has 0 aromatic heterocycles. The predicted octanol–water partition coefficient (Wildman–Crippen LogP) is 4.16. The van der Waals surface area contributed by atoms with Gasteiger partial charge in [-0.05, 0) is 49.7 Å². The number of aromatic hydroxyl groups is 1. The normalized spacial score (nSPS) is 18.6. The summed E-state index contributed by atoms with van der Waals surface area (Å²) in [7, 11) is 0. The lowest BCUT2D eigenvalue weighted by molar-refractivity contribution is 0.101. The maximum Gasteiger partial charge on any atom is 0.231 e. The molecular formula is C22H21NO3. The molecule has 0 spiro atoms. The van der Waals surface area contributed by atoms with Crippen LogP contribution < -0.4 is 4.74 Å². The zero-order valence-electron chi connectivity index (χ0n) is 14.5. The van der Waals surface area contributed by atoms with E-state index in [1.807, 2.05) is 42.5 Å². The van der Waals surface area contributed by atoms with Gasteiger partial charge in [-0.15, -0.1) is 0 Å². The first kappa shape index (κ1) is 16.6. The Bertz CT molecular complexity index is 878. The molecule has 1 fully saturated rings. The fourth-order valence-electron chi connectivity index (χ4n) is 3.44. The molecule has 4 heteroatoms. The van der Waals surface area contributed by atoms with Crippen molar-refractivity contribution in [2.45, 2.75) is 19.4 Å². The minimum Gasteiger partial charge on any atom is -0.507 e. The number of allylic oxidation sites excluding steroid dienone is 3. The molecule has 132 valence electrons. The number of carbonyl (C=O) groups is 1. The minimum absolute atomic E-state index is 0.139.